The van der Waals surface area contributed by atoms with E-state index in [1.165, 1.54) is 29.0 Å². The topological polar surface area (TPSA) is 63.2 Å². The summed E-state index contributed by atoms with van der Waals surface area (Å²) in [6.45, 7) is -1.68. The summed E-state index contributed by atoms with van der Waals surface area (Å²) in [4.78, 5) is 11.5. The lowest BCUT2D eigenvalue weighted by Gasteiger charge is -2.08. The molecule has 0 bridgehead atoms. The predicted octanol–water partition coefficient (Wildman–Crippen LogP) is 1.35. The van der Waals surface area contributed by atoms with Gasteiger partial charge in [-0.25, -0.2) is 13.1 Å². The first-order chi connectivity index (χ1) is 8.20. The molecule has 0 fully saturated rings. The maximum absolute atomic E-state index is 11.8. The van der Waals surface area contributed by atoms with Crippen molar-refractivity contribution in [3.63, 3.8) is 0 Å². The number of ketones is 1. The summed E-state index contributed by atoms with van der Waals surface area (Å²) >= 11 is 0. The number of nitrogens with one attached hydrogen (secondary N) is 1. The Labute approximate surface area is 102 Å². The van der Waals surface area contributed by atoms with Gasteiger partial charge in [-0.05, 0) is 0 Å². The minimum atomic E-state index is -4.65. The molecular weight excluding hydrogens is 271 g/mol. The highest BCUT2D eigenvalue weighted by atomic mass is 32.2. The Hall–Kier alpha value is -1.41. The van der Waals surface area contributed by atoms with Gasteiger partial charge in [-0.2, -0.15) is 13.2 Å². The molecular formula is C10H10F3NO3S. The largest absolute Gasteiger partial charge is 0.402 e. The first kappa shape index (κ1) is 14.7. The molecule has 0 aliphatic rings. The first-order valence-electron chi connectivity index (χ1n) is 4.82. The zero-order valence-corrected chi connectivity index (χ0v) is 9.88. The fraction of sp³-hybridized carbons (Fsp3) is 0.300. The minimum Gasteiger partial charge on any atom is -0.293 e. The fourth-order valence-corrected chi connectivity index (χ4v) is 2.12. The summed E-state index contributed by atoms with van der Waals surface area (Å²) in [5.74, 6) is -1.77. The second-order valence-electron chi connectivity index (χ2n) is 3.48. The smallest absolute Gasteiger partial charge is 0.293 e. The Morgan fingerprint density at radius 3 is 2.22 bits per heavy atom. The van der Waals surface area contributed by atoms with Gasteiger partial charge < -0.3 is 0 Å². The minimum absolute atomic E-state index is 0.134. The molecule has 0 amide bonds. The van der Waals surface area contributed by atoms with Gasteiger partial charge in [-0.15, -0.1) is 0 Å². The van der Waals surface area contributed by atoms with Crippen LogP contribution in [0.25, 0.3) is 0 Å². The van der Waals surface area contributed by atoms with E-state index in [1.54, 1.807) is 6.07 Å². The number of carbonyl (C=O) groups excluding carboxylic acids is 1. The third-order valence-corrected chi connectivity index (χ3v) is 3.14. The maximum Gasteiger partial charge on any atom is 0.402 e. The summed E-state index contributed by atoms with van der Waals surface area (Å²) in [7, 11) is -4.28. The van der Waals surface area contributed by atoms with E-state index in [2.05, 4.69) is 0 Å². The molecule has 100 valence electrons. The number of sulfonamides is 1. The van der Waals surface area contributed by atoms with E-state index < -0.39 is 34.3 Å². The van der Waals surface area contributed by atoms with Crippen LogP contribution < -0.4 is 4.72 Å². The van der Waals surface area contributed by atoms with Gasteiger partial charge in [0, 0.05) is 5.56 Å². The lowest BCUT2D eigenvalue weighted by Crippen LogP contribution is -2.37. The Bertz CT molecular complexity index is 511. The second-order valence-corrected chi connectivity index (χ2v) is 5.29. The summed E-state index contributed by atoms with van der Waals surface area (Å²) in [6, 6.07) is 7.47. The molecule has 1 aromatic carbocycles. The number of hydrogen-bond acceptors (Lipinski definition) is 3. The van der Waals surface area contributed by atoms with Crippen LogP contribution in [0.4, 0.5) is 13.2 Å². The van der Waals surface area contributed by atoms with Crippen molar-refractivity contribution in [3.05, 3.63) is 35.9 Å². The van der Waals surface area contributed by atoms with E-state index in [0.29, 0.717) is 0 Å². The van der Waals surface area contributed by atoms with E-state index in [0.717, 1.165) is 0 Å². The maximum atomic E-state index is 11.8. The van der Waals surface area contributed by atoms with Crippen molar-refractivity contribution in [1.29, 1.82) is 0 Å². The Balaban J connectivity index is 2.64. The Morgan fingerprint density at radius 2 is 1.72 bits per heavy atom. The van der Waals surface area contributed by atoms with Crippen molar-refractivity contribution in [2.75, 3.05) is 12.3 Å². The van der Waals surface area contributed by atoms with Crippen LogP contribution in [-0.4, -0.2) is 32.7 Å². The lowest BCUT2D eigenvalue weighted by molar-refractivity contribution is -0.121. The van der Waals surface area contributed by atoms with E-state index in [4.69, 9.17) is 0 Å². The average Bonchev–Trinajstić information content (AvgIpc) is 2.26. The summed E-state index contributed by atoms with van der Waals surface area (Å²) in [5.41, 5.74) is 0.134. The van der Waals surface area contributed by atoms with E-state index in [1.807, 2.05) is 0 Å². The van der Waals surface area contributed by atoms with Gasteiger partial charge in [0.2, 0.25) is 10.0 Å². The van der Waals surface area contributed by atoms with Crippen LogP contribution >= 0.6 is 0 Å². The molecule has 0 aliphatic carbocycles. The van der Waals surface area contributed by atoms with Crippen molar-refractivity contribution < 1.29 is 26.4 Å². The second kappa shape index (κ2) is 5.49. The van der Waals surface area contributed by atoms with Crippen LogP contribution in [0, 0.1) is 0 Å². The summed E-state index contributed by atoms with van der Waals surface area (Å²) in [6.07, 6.45) is -4.65. The zero-order chi connectivity index (χ0) is 13.8. The summed E-state index contributed by atoms with van der Waals surface area (Å²) in [5, 5.41) is 0. The third kappa shape index (κ3) is 5.28. The van der Waals surface area contributed by atoms with Crippen molar-refractivity contribution in [1.82, 2.24) is 4.72 Å². The molecule has 0 aliphatic heterocycles. The molecule has 0 radical (unpaired) electrons. The van der Waals surface area contributed by atoms with Crippen molar-refractivity contribution in [2.45, 2.75) is 6.18 Å². The van der Waals surface area contributed by atoms with E-state index in [-0.39, 0.29) is 5.56 Å². The molecule has 0 aromatic heterocycles. The monoisotopic (exact) mass is 281 g/mol. The Morgan fingerprint density at radius 1 is 1.17 bits per heavy atom. The highest BCUT2D eigenvalue weighted by Crippen LogP contribution is 2.13. The first-order valence-corrected chi connectivity index (χ1v) is 6.47. The quantitative estimate of drug-likeness (QED) is 0.829. The van der Waals surface area contributed by atoms with Crippen LogP contribution in [-0.2, 0) is 10.0 Å². The van der Waals surface area contributed by atoms with Gasteiger partial charge in [0.1, 0.15) is 12.3 Å². The van der Waals surface area contributed by atoms with E-state index in [9.17, 15) is 26.4 Å². The Kier molecular flexibility index (Phi) is 4.47. The van der Waals surface area contributed by atoms with Crippen molar-refractivity contribution >= 4 is 15.8 Å². The molecule has 1 N–H and O–H groups in total. The van der Waals surface area contributed by atoms with Gasteiger partial charge in [0.15, 0.2) is 5.78 Å². The number of hydrogen-bond donors (Lipinski definition) is 1. The molecule has 0 saturated heterocycles. The fourth-order valence-electron chi connectivity index (χ4n) is 1.12. The number of carbonyl (C=O) groups is 1. The van der Waals surface area contributed by atoms with Crippen LogP contribution in [0.1, 0.15) is 10.4 Å². The number of rotatable bonds is 5. The molecule has 0 heterocycles. The SMILES string of the molecule is O=C(CS(=O)(=O)NCC(F)(F)F)c1ccccc1. The molecule has 1 rings (SSSR count). The zero-order valence-electron chi connectivity index (χ0n) is 9.07. The highest BCUT2D eigenvalue weighted by molar-refractivity contribution is 7.90. The van der Waals surface area contributed by atoms with Gasteiger partial charge in [-0.1, -0.05) is 30.3 Å². The van der Waals surface area contributed by atoms with Crippen LogP contribution in [0.2, 0.25) is 0 Å². The normalized spacial score (nSPS) is 12.4. The molecule has 4 nitrogen and oxygen atoms in total. The number of alkyl halides is 3. The third-order valence-electron chi connectivity index (χ3n) is 1.91. The van der Waals surface area contributed by atoms with E-state index >= 15 is 0 Å². The van der Waals surface area contributed by atoms with Crippen molar-refractivity contribution in [3.8, 4) is 0 Å². The number of Topliss-reactive ketones (excluding diaryl/α,β-unsaturated/α-hetero) is 1. The van der Waals surface area contributed by atoms with Gasteiger partial charge >= 0.3 is 6.18 Å². The van der Waals surface area contributed by atoms with Crippen LogP contribution in [0.3, 0.4) is 0 Å². The van der Waals surface area contributed by atoms with Gasteiger partial charge in [0.05, 0.1) is 0 Å². The average molecular weight is 281 g/mol. The molecule has 8 heteroatoms. The molecule has 0 saturated carbocycles. The lowest BCUT2D eigenvalue weighted by atomic mass is 10.2. The predicted molar refractivity (Wildman–Crippen MR) is 58.6 cm³/mol. The van der Waals surface area contributed by atoms with Crippen LogP contribution in [0.15, 0.2) is 30.3 Å². The molecule has 0 atom stereocenters. The molecule has 1 aromatic rings. The molecule has 0 unspecified atom stereocenters. The standard InChI is InChI=1S/C10H10F3NO3S/c11-10(12,13)7-14-18(16,17)6-9(15)8-4-2-1-3-5-8/h1-5,14H,6-7H2. The number of halogens is 3. The molecule has 0 spiro atoms. The summed E-state index contributed by atoms with van der Waals surface area (Å²) < 4.78 is 59.3. The van der Waals surface area contributed by atoms with Gasteiger partial charge in [-0.3, -0.25) is 4.79 Å². The highest BCUT2D eigenvalue weighted by Gasteiger charge is 2.30. The molecule has 18 heavy (non-hydrogen) atoms. The van der Waals surface area contributed by atoms with Crippen molar-refractivity contribution in [2.24, 2.45) is 0 Å². The number of benzene rings is 1. The van der Waals surface area contributed by atoms with Gasteiger partial charge in [0.25, 0.3) is 0 Å². The van der Waals surface area contributed by atoms with Crippen LogP contribution in [0.5, 0.6) is 0 Å².